The van der Waals surface area contributed by atoms with E-state index in [2.05, 4.69) is 255 Å². The molecule has 3 heteroatoms. The summed E-state index contributed by atoms with van der Waals surface area (Å²) in [5, 5.41) is 6.76. The third kappa shape index (κ3) is 6.66. The van der Waals surface area contributed by atoms with Crippen LogP contribution in [0.15, 0.2) is 272 Å². The number of fused-ring (bicyclic) bond motifs is 16. The molecule has 1 aromatic heterocycles. The van der Waals surface area contributed by atoms with Crippen LogP contribution in [0, 0.1) is 0 Å². The summed E-state index contributed by atoms with van der Waals surface area (Å²) in [7, 11) is 0. The highest BCUT2D eigenvalue weighted by Gasteiger charge is 2.52. The van der Waals surface area contributed by atoms with E-state index >= 15 is 0 Å². The molecule has 2 aliphatic rings. The van der Waals surface area contributed by atoms with Gasteiger partial charge in [-0.1, -0.05) is 219 Å². The Morgan fingerprint density at radius 2 is 1.01 bits per heavy atom. The predicted octanol–water partition coefficient (Wildman–Crippen LogP) is 19.0. The number of allylic oxidation sites excluding steroid dienone is 5. The minimum atomic E-state index is -0.635. The Hall–Kier alpha value is -9.44. The lowest BCUT2D eigenvalue weighted by Gasteiger charge is -2.40. The zero-order valence-electron chi connectivity index (χ0n) is 40.2. The fourth-order valence-electron chi connectivity index (χ4n) is 11.8. The van der Waals surface area contributed by atoms with E-state index in [0.29, 0.717) is 0 Å². The van der Waals surface area contributed by atoms with Crippen molar-refractivity contribution in [2.24, 2.45) is 0 Å². The second-order valence-electron chi connectivity index (χ2n) is 19.3. The quantitative estimate of drug-likeness (QED) is 0.142. The van der Waals surface area contributed by atoms with Gasteiger partial charge in [0.1, 0.15) is 22.7 Å². The zero-order valence-corrected chi connectivity index (χ0v) is 40.2. The van der Waals surface area contributed by atoms with Crippen LogP contribution in [0.4, 0.5) is 11.4 Å². The van der Waals surface area contributed by atoms with Crippen LogP contribution in [0.1, 0.15) is 34.7 Å². The van der Waals surface area contributed by atoms with E-state index in [9.17, 15) is 0 Å². The van der Waals surface area contributed by atoms with Crippen LogP contribution in [0.5, 0.6) is 11.5 Å². The molecule has 344 valence electrons. The molecule has 0 fully saturated rings. The van der Waals surface area contributed by atoms with Crippen molar-refractivity contribution in [3.05, 3.63) is 295 Å². The number of hydrogen-bond donors (Lipinski definition) is 0. The smallest absolute Gasteiger partial charge is 0.143 e. The van der Waals surface area contributed by atoms with Crippen LogP contribution in [-0.4, -0.2) is 0 Å². The normalized spacial score (nSPS) is 13.3. The van der Waals surface area contributed by atoms with Gasteiger partial charge in [-0.3, -0.25) is 0 Å². The highest BCUT2D eigenvalue weighted by molar-refractivity contribution is 6.09. The van der Waals surface area contributed by atoms with Gasteiger partial charge in [0.2, 0.25) is 0 Å². The molecule has 3 nitrogen and oxygen atoms in total. The number of rotatable bonds is 8. The van der Waals surface area contributed by atoms with E-state index < -0.39 is 5.41 Å². The second kappa shape index (κ2) is 16.9. The lowest BCUT2D eigenvalue weighted by molar-refractivity contribution is 0.447. The lowest BCUT2D eigenvalue weighted by atomic mass is 9.65. The third-order valence-electron chi connectivity index (χ3n) is 15.2. The van der Waals surface area contributed by atoms with Gasteiger partial charge in [0.05, 0.1) is 5.41 Å². The molecule has 0 bridgehead atoms. The summed E-state index contributed by atoms with van der Waals surface area (Å²) < 4.78 is 13.6. The monoisotopic (exact) mass is 933 g/mol. The van der Waals surface area contributed by atoms with Crippen molar-refractivity contribution in [1.29, 1.82) is 0 Å². The molecule has 0 saturated carbocycles. The van der Waals surface area contributed by atoms with Gasteiger partial charge in [0, 0.05) is 55.3 Å². The van der Waals surface area contributed by atoms with Crippen LogP contribution in [0.3, 0.4) is 0 Å². The summed E-state index contributed by atoms with van der Waals surface area (Å²) in [5.41, 5.74) is 18.1. The van der Waals surface area contributed by atoms with Gasteiger partial charge in [-0.05, 0) is 110 Å². The van der Waals surface area contributed by atoms with Crippen LogP contribution >= 0.6 is 0 Å². The summed E-state index contributed by atoms with van der Waals surface area (Å²) in [6, 6.07) is 85.0. The second-order valence-corrected chi connectivity index (χ2v) is 19.3. The summed E-state index contributed by atoms with van der Waals surface area (Å²) in [4.78, 5) is 2.32. The molecule has 2 heterocycles. The SMILES string of the molecule is C=C(/C=C\C=C(/C)N(c1ccc(-c2ccccc2)cc1)c1ccc(-c2cccc3c2oc2ccccc23)cc1)c1ccc2c(c1)C1(c3ccccc3-2)c2ccc3ccccc3c2Oc2c1ccc1ccccc21. The van der Waals surface area contributed by atoms with Crippen LogP contribution < -0.4 is 9.64 Å². The first-order valence-corrected chi connectivity index (χ1v) is 25.0. The molecular formula is C70H47NO2. The number of ether oxygens (including phenoxy) is 1. The van der Waals surface area contributed by atoms with E-state index in [1.807, 2.05) is 12.1 Å². The molecule has 0 radical (unpaired) electrons. The topological polar surface area (TPSA) is 25.6 Å². The molecule has 0 amide bonds. The molecular weight excluding hydrogens is 887 g/mol. The summed E-state index contributed by atoms with van der Waals surface area (Å²) >= 11 is 0. The van der Waals surface area contributed by atoms with Crippen molar-refractivity contribution in [3.63, 3.8) is 0 Å². The minimum absolute atomic E-state index is 0.635. The molecule has 0 unspecified atom stereocenters. The first kappa shape index (κ1) is 42.4. The third-order valence-corrected chi connectivity index (χ3v) is 15.2. The highest BCUT2D eigenvalue weighted by Crippen LogP contribution is 2.64. The standard InChI is InChI=1S/C70H47NO2/c1-45(52-34-41-59-58-24-10-12-28-62(58)70(65(59)44-52)63-42-35-49-20-6-8-22-56(49)68(63)73-69-57-23-9-7-21-50(57)36-43-64(69)70)16-14-17-46(2)71(53-37-30-48(31-38-53)47-18-4-3-5-19-47)54-39-32-51(33-40-54)55-26-15-27-61-60-25-11-13-29-66(60)72-67(55)61/h3-44H,1H2,2H3/b16-14-,46-17+. The largest absolute Gasteiger partial charge is 0.455 e. The number of para-hydroxylation sites is 2. The van der Waals surface area contributed by atoms with Crippen LogP contribution in [0.2, 0.25) is 0 Å². The van der Waals surface area contributed by atoms with Gasteiger partial charge < -0.3 is 14.1 Å². The van der Waals surface area contributed by atoms with E-state index in [-0.39, 0.29) is 0 Å². The molecule has 14 rings (SSSR count). The summed E-state index contributed by atoms with van der Waals surface area (Å²) in [5.74, 6) is 1.82. The Labute approximate surface area is 424 Å². The Balaban J connectivity index is 0.851. The first-order chi connectivity index (χ1) is 36.0. The van der Waals surface area contributed by atoms with Gasteiger partial charge in [0.25, 0.3) is 0 Å². The molecule has 0 N–H and O–H groups in total. The molecule has 1 aliphatic heterocycles. The van der Waals surface area contributed by atoms with Gasteiger partial charge in [-0.25, -0.2) is 0 Å². The average molecular weight is 934 g/mol. The van der Waals surface area contributed by atoms with Crippen molar-refractivity contribution < 1.29 is 9.15 Å². The molecule has 0 saturated heterocycles. The van der Waals surface area contributed by atoms with Gasteiger partial charge in [-0.2, -0.15) is 0 Å². The van der Waals surface area contributed by atoms with Gasteiger partial charge >= 0.3 is 0 Å². The highest BCUT2D eigenvalue weighted by atomic mass is 16.5. The maximum absolute atomic E-state index is 7.19. The lowest BCUT2D eigenvalue weighted by Crippen LogP contribution is -2.32. The predicted molar refractivity (Wildman–Crippen MR) is 304 cm³/mol. The minimum Gasteiger partial charge on any atom is -0.455 e. The van der Waals surface area contributed by atoms with Crippen molar-refractivity contribution >= 4 is 60.4 Å². The number of benzene rings is 11. The Morgan fingerprint density at radius 1 is 0.452 bits per heavy atom. The van der Waals surface area contributed by atoms with Crippen molar-refractivity contribution in [1.82, 2.24) is 0 Å². The van der Waals surface area contributed by atoms with Gasteiger partial charge in [-0.15, -0.1) is 0 Å². The Morgan fingerprint density at radius 3 is 1.73 bits per heavy atom. The number of hydrogen-bond acceptors (Lipinski definition) is 3. The Bertz CT molecular complexity index is 4160. The van der Waals surface area contributed by atoms with Crippen molar-refractivity contribution in [2.75, 3.05) is 4.90 Å². The maximum atomic E-state index is 7.19. The average Bonchev–Trinajstić information content (AvgIpc) is 3.97. The molecule has 11 aromatic carbocycles. The van der Waals surface area contributed by atoms with Crippen molar-refractivity contribution in [3.8, 4) is 44.9 Å². The van der Waals surface area contributed by atoms with Crippen LogP contribution in [-0.2, 0) is 5.41 Å². The fraction of sp³-hybridized carbons (Fsp3) is 0.0286. The number of nitrogens with zero attached hydrogens (tertiary/aromatic N) is 1. The Kier molecular flexibility index (Phi) is 9.81. The molecule has 0 atom stereocenters. The molecule has 73 heavy (non-hydrogen) atoms. The van der Waals surface area contributed by atoms with E-state index in [1.165, 1.54) is 33.4 Å². The van der Waals surface area contributed by atoms with Gasteiger partial charge in [0.15, 0.2) is 0 Å². The van der Waals surface area contributed by atoms with Crippen molar-refractivity contribution in [2.45, 2.75) is 12.3 Å². The molecule has 12 aromatic rings. The molecule has 1 spiro atoms. The maximum Gasteiger partial charge on any atom is 0.143 e. The zero-order chi connectivity index (χ0) is 48.6. The fourth-order valence-corrected chi connectivity index (χ4v) is 11.8. The number of furan rings is 1. The summed E-state index contributed by atoms with van der Waals surface area (Å²) in [6.07, 6.45) is 6.46. The van der Waals surface area contributed by atoms with E-state index in [4.69, 9.17) is 15.7 Å². The summed E-state index contributed by atoms with van der Waals surface area (Å²) in [6.45, 7) is 6.88. The van der Waals surface area contributed by atoms with Crippen LogP contribution in [0.25, 0.3) is 82.4 Å². The number of anilines is 2. The van der Waals surface area contributed by atoms with E-state index in [0.717, 1.165) is 105 Å². The van der Waals surface area contributed by atoms with E-state index in [1.54, 1.807) is 0 Å². The molecule has 1 aliphatic carbocycles. The first-order valence-electron chi connectivity index (χ1n) is 25.0.